The lowest BCUT2D eigenvalue weighted by molar-refractivity contribution is 0.0841. The number of aromatic nitrogens is 4. The second kappa shape index (κ2) is 9.07. The molecule has 0 unspecified atom stereocenters. The van der Waals surface area contributed by atoms with Gasteiger partial charge in [0.1, 0.15) is 11.6 Å². The highest BCUT2D eigenvalue weighted by atomic mass is 19.2. The fourth-order valence-electron chi connectivity index (χ4n) is 5.07. The van der Waals surface area contributed by atoms with E-state index in [-0.39, 0.29) is 18.1 Å². The SMILES string of the molecule is CCN1C(=O)c2nc(-c3ccc(-c4ccc(C)nc4)nc3)n(Cc3ccc(F)c(F)c3)c2N2CC(C)(C)N=C12. The summed E-state index contributed by atoms with van der Waals surface area (Å²) in [7, 11) is 0. The zero-order chi connectivity index (χ0) is 27.5. The number of aliphatic imine (C=N–C) groups is 1. The zero-order valence-corrected chi connectivity index (χ0v) is 22.1. The molecule has 0 spiro atoms. The second-order valence-electron chi connectivity index (χ2n) is 10.4. The predicted octanol–water partition coefficient (Wildman–Crippen LogP) is 5.07. The molecule has 1 amide bonds. The van der Waals surface area contributed by atoms with Crippen LogP contribution in [0.25, 0.3) is 22.6 Å². The Bertz CT molecular complexity index is 1620. The van der Waals surface area contributed by atoms with Crippen LogP contribution in [0.3, 0.4) is 0 Å². The Morgan fingerprint density at radius 3 is 2.41 bits per heavy atom. The number of pyridine rings is 2. The number of hydrogen-bond acceptors (Lipinski definition) is 6. The molecule has 8 nitrogen and oxygen atoms in total. The minimum atomic E-state index is -0.932. The summed E-state index contributed by atoms with van der Waals surface area (Å²) in [4.78, 5) is 35.9. The van der Waals surface area contributed by atoms with Gasteiger partial charge in [-0.1, -0.05) is 6.07 Å². The molecule has 0 aliphatic carbocycles. The maximum absolute atomic E-state index is 14.2. The first-order chi connectivity index (χ1) is 18.6. The van der Waals surface area contributed by atoms with Gasteiger partial charge in [-0.25, -0.2) is 18.8 Å². The van der Waals surface area contributed by atoms with E-state index in [0.717, 1.165) is 23.0 Å². The number of amides is 1. The highest BCUT2D eigenvalue weighted by molar-refractivity contribution is 6.18. The number of rotatable bonds is 5. The number of guanidine groups is 1. The summed E-state index contributed by atoms with van der Waals surface area (Å²) in [5.74, 6) is -0.444. The number of imidazole rings is 1. The molecule has 198 valence electrons. The third kappa shape index (κ3) is 4.25. The number of anilines is 1. The molecule has 0 fully saturated rings. The molecule has 0 saturated carbocycles. The number of hydrogen-bond donors (Lipinski definition) is 0. The molecule has 0 N–H and O–H groups in total. The molecule has 3 aromatic heterocycles. The Morgan fingerprint density at radius 1 is 0.974 bits per heavy atom. The average molecular weight is 528 g/mol. The van der Waals surface area contributed by atoms with Gasteiger partial charge in [0.2, 0.25) is 5.96 Å². The summed E-state index contributed by atoms with van der Waals surface area (Å²) in [6, 6.07) is 11.5. The van der Waals surface area contributed by atoms with Crippen molar-refractivity contribution in [3.63, 3.8) is 0 Å². The first-order valence-corrected chi connectivity index (χ1v) is 12.8. The highest BCUT2D eigenvalue weighted by Gasteiger charge is 2.45. The van der Waals surface area contributed by atoms with Crippen LogP contribution >= 0.6 is 0 Å². The number of carbonyl (C=O) groups excluding carboxylic acids is 1. The lowest BCUT2D eigenvalue weighted by Crippen LogP contribution is -2.51. The highest BCUT2D eigenvalue weighted by Crippen LogP contribution is 2.38. The number of fused-ring (bicyclic) bond motifs is 3. The van der Waals surface area contributed by atoms with Gasteiger partial charge in [0, 0.05) is 35.8 Å². The summed E-state index contributed by atoms with van der Waals surface area (Å²) in [5, 5.41) is 0. The smallest absolute Gasteiger partial charge is 0.283 e. The second-order valence-corrected chi connectivity index (χ2v) is 10.4. The van der Waals surface area contributed by atoms with E-state index in [1.54, 1.807) is 17.3 Å². The van der Waals surface area contributed by atoms with Crippen LogP contribution in [0.4, 0.5) is 14.6 Å². The number of nitrogens with zero attached hydrogens (tertiary/aromatic N) is 7. The molecule has 5 heterocycles. The van der Waals surface area contributed by atoms with E-state index in [9.17, 15) is 13.6 Å². The van der Waals surface area contributed by atoms with Crippen molar-refractivity contribution in [3.8, 4) is 22.6 Å². The van der Waals surface area contributed by atoms with Gasteiger partial charge in [0.25, 0.3) is 5.91 Å². The number of halogens is 2. The first kappa shape index (κ1) is 24.8. The third-order valence-corrected chi connectivity index (χ3v) is 6.94. The standard InChI is InChI=1S/C29H27F2N7O/c1-5-36-27(39)24-26(38-16-29(3,4)35-28(36)38)37(15-18-7-10-21(30)22(31)12-18)25(34-24)20-9-11-23(33-14-20)19-8-6-17(2)32-13-19/h6-14H,5,15-16H2,1-4H3. The monoisotopic (exact) mass is 527 g/mol. The lowest BCUT2D eigenvalue weighted by atomic mass is 10.1. The molecule has 2 aliphatic rings. The zero-order valence-electron chi connectivity index (χ0n) is 22.1. The topological polar surface area (TPSA) is 79.5 Å². The van der Waals surface area contributed by atoms with Crippen molar-refractivity contribution in [2.45, 2.75) is 39.8 Å². The maximum Gasteiger partial charge on any atom is 0.283 e. The quantitative estimate of drug-likeness (QED) is 0.362. The van der Waals surface area contributed by atoms with Crippen LogP contribution in [0.5, 0.6) is 0 Å². The molecule has 0 saturated heterocycles. The van der Waals surface area contributed by atoms with Crippen molar-refractivity contribution in [1.29, 1.82) is 0 Å². The van der Waals surface area contributed by atoms with Crippen LogP contribution in [0.2, 0.25) is 0 Å². The average Bonchev–Trinajstić information content (AvgIpc) is 3.44. The fourth-order valence-corrected chi connectivity index (χ4v) is 5.07. The molecule has 10 heteroatoms. The van der Waals surface area contributed by atoms with Crippen molar-refractivity contribution in [1.82, 2.24) is 24.4 Å². The van der Waals surface area contributed by atoms with Crippen LogP contribution in [0.1, 0.15) is 42.5 Å². The van der Waals surface area contributed by atoms with E-state index < -0.39 is 17.2 Å². The molecule has 0 atom stereocenters. The molecule has 0 radical (unpaired) electrons. The Balaban J connectivity index is 1.50. The third-order valence-electron chi connectivity index (χ3n) is 6.94. The van der Waals surface area contributed by atoms with Gasteiger partial charge in [-0.2, -0.15) is 0 Å². The van der Waals surface area contributed by atoms with Gasteiger partial charge < -0.3 is 4.57 Å². The largest absolute Gasteiger partial charge is 0.305 e. The van der Waals surface area contributed by atoms with Gasteiger partial charge in [-0.05, 0) is 69.7 Å². The summed E-state index contributed by atoms with van der Waals surface area (Å²) in [6.07, 6.45) is 3.48. The molecule has 6 rings (SSSR count). The van der Waals surface area contributed by atoms with Crippen molar-refractivity contribution >= 4 is 17.7 Å². The van der Waals surface area contributed by atoms with Crippen molar-refractivity contribution < 1.29 is 13.6 Å². The van der Waals surface area contributed by atoms with E-state index in [0.29, 0.717) is 41.8 Å². The van der Waals surface area contributed by atoms with Crippen LogP contribution in [-0.4, -0.2) is 54.9 Å². The van der Waals surface area contributed by atoms with Gasteiger partial charge in [-0.3, -0.25) is 24.6 Å². The van der Waals surface area contributed by atoms with Gasteiger partial charge in [-0.15, -0.1) is 0 Å². The Hall–Kier alpha value is -4.47. The van der Waals surface area contributed by atoms with E-state index in [1.165, 1.54) is 12.1 Å². The number of carbonyl (C=O) groups is 1. The van der Waals surface area contributed by atoms with E-state index in [2.05, 4.69) is 9.97 Å². The van der Waals surface area contributed by atoms with E-state index in [4.69, 9.17) is 9.98 Å². The first-order valence-electron chi connectivity index (χ1n) is 12.8. The molecular formula is C29H27F2N7O. The van der Waals surface area contributed by atoms with Gasteiger partial charge in [0.05, 0.1) is 24.3 Å². The minimum Gasteiger partial charge on any atom is -0.305 e. The fraction of sp³-hybridized carbons (Fsp3) is 0.276. The van der Waals surface area contributed by atoms with E-state index in [1.807, 2.05) is 61.4 Å². The van der Waals surface area contributed by atoms with E-state index >= 15 is 0 Å². The molecule has 4 aromatic rings. The normalized spacial score (nSPS) is 15.8. The molecular weight excluding hydrogens is 500 g/mol. The summed E-state index contributed by atoms with van der Waals surface area (Å²) < 4.78 is 29.7. The number of aryl methyl sites for hydroxylation is 1. The summed E-state index contributed by atoms with van der Waals surface area (Å²) in [5.41, 5.74) is 3.63. The van der Waals surface area contributed by atoms with Crippen molar-refractivity contribution in [2.75, 3.05) is 18.0 Å². The minimum absolute atomic E-state index is 0.169. The maximum atomic E-state index is 14.2. The lowest BCUT2D eigenvalue weighted by Gasteiger charge is -2.34. The van der Waals surface area contributed by atoms with Crippen LogP contribution in [0.15, 0.2) is 59.9 Å². The molecule has 1 aromatic carbocycles. The number of benzene rings is 1. The predicted molar refractivity (Wildman–Crippen MR) is 144 cm³/mol. The van der Waals surface area contributed by atoms with Crippen molar-refractivity contribution in [3.05, 3.63) is 83.4 Å². The Kier molecular flexibility index (Phi) is 5.78. The van der Waals surface area contributed by atoms with Crippen LogP contribution in [0, 0.1) is 18.6 Å². The van der Waals surface area contributed by atoms with Crippen LogP contribution < -0.4 is 4.90 Å². The summed E-state index contributed by atoms with van der Waals surface area (Å²) in [6.45, 7) is 8.99. The summed E-state index contributed by atoms with van der Waals surface area (Å²) >= 11 is 0. The van der Waals surface area contributed by atoms with Crippen molar-refractivity contribution in [2.24, 2.45) is 4.99 Å². The van der Waals surface area contributed by atoms with Gasteiger partial charge >= 0.3 is 0 Å². The Morgan fingerprint density at radius 2 is 1.74 bits per heavy atom. The molecule has 2 aliphatic heterocycles. The van der Waals surface area contributed by atoms with Gasteiger partial charge in [0.15, 0.2) is 17.3 Å². The molecule has 39 heavy (non-hydrogen) atoms. The van der Waals surface area contributed by atoms with Crippen LogP contribution in [-0.2, 0) is 6.54 Å². The molecule has 0 bridgehead atoms. The Labute approximate surface area is 224 Å².